The van der Waals surface area contributed by atoms with Crippen molar-refractivity contribution < 1.29 is 4.74 Å². The fourth-order valence-corrected chi connectivity index (χ4v) is 2.45. The maximum atomic E-state index is 6.21. The fourth-order valence-electron chi connectivity index (χ4n) is 1.68. The number of aromatic amines is 1. The fraction of sp³-hybridized carbons (Fsp3) is 0.308. The number of benzene rings is 1. The van der Waals surface area contributed by atoms with Gasteiger partial charge in [-0.25, -0.2) is 4.98 Å². The summed E-state index contributed by atoms with van der Waals surface area (Å²) in [5.74, 6) is 0.880. The van der Waals surface area contributed by atoms with E-state index in [1.807, 2.05) is 18.2 Å². The van der Waals surface area contributed by atoms with Crippen molar-refractivity contribution in [3.8, 4) is 11.3 Å². The zero-order chi connectivity index (χ0) is 13.7. The number of H-pyrrole nitrogens is 1. The molecule has 0 saturated carbocycles. The van der Waals surface area contributed by atoms with Crippen molar-refractivity contribution in [2.75, 3.05) is 20.3 Å². The SMILES string of the molecule is COCCNCc1ncc(-c2ccc(Br)cc2Cl)[nH]1. The van der Waals surface area contributed by atoms with Crippen LogP contribution in [0, 0.1) is 0 Å². The van der Waals surface area contributed by atoms with Crippen molar-refractivity contribution in [3.63, 3.8) is 0 Å². The van der Waals surface area contributed by atoms with Gasteiger partial charge in [-0.05, 0) is 12.1 Å². The van der Waals surface area contributed by atoms with E-state index in [0.29, 0.717) is 18.2 Å². The van der Waals surface area contributed by atoms with Crippen LogP contribution in [0.25, 0.3) is 11.3 Å². The highest BCUT2D eigenvalue weighted by Crippen LogP contribution is 2.29. The van der Waals surface area contributed by atoms with Crippen LogP contribution >= 0.6 is 27.5 Å². The molecule has 0 unspecified atom stereocenters. The van der Waals surface area contributed by atoms with Gasteiger partial charge in [-0.15, -0.1) is 0 Å². The first-order valence-electron chi connectivity index (χ1n) is 5.89. The minimum atomic E-state index is 0.678. The van der Waals surface area contributed by atoms with Crippen LogP contribution in [0.15, 0.2) is 28.9 Å². The predicted molar refractivity (Wildman–Crippen MR) is 80.3 cm³/mol. The largest absolute Gasteiger partial charge is 0.383 e. The Morgan fingerprint density at radius 3 is 3.05 bits per heavy atom. The van der Waals surface area contributed by atoms with E-state index in [1.165, 1.54) is 0 Å². The van der Waals surface area contributed by atoms with Crippen LogP contribution in [0.4, 0.5) is 0 Å². The highest BCUT2D eigenvalue weighted by Gasteiger charge is 2.07. The summed E-state index contributed by atoms with van der Waals surface area (Å²) >= 11 is 9.60. The quantitative estimate of drug-likeness (QED) is 0.791. The van der Waals surface area contributed by atoms with Gasteiger partial charge in [0.05, 0.1) is 30.1 Å². The summed E-state index contributed by atoms with van der Waals surface area (Å²) in [4.78, 5) is 7.58. The molecule has 0 radical (unpaired) electrons. The van der Waals surface area contributed by atoms with Crippen LogP contribution in [0.5, 0.6) is 0 Å². The van der Waals surface area contributed by atoms with E-state index in [0.717, 1.165) is 28.1 Å². The Labute approximate surface area is 125 Å². The molecule has 0 aliphatic heterocycles. The van der Waals surface area contributed by atoms with Crippen LogP contribution in [-0.4, -0.2) is 30.2 Å². The lowest BCUT2D eigenvalue weighted by Gasteiger charge is -2.03. The summed E-state index contributed by atoms with van der Waals surface area (Å²) in [7, 11) is 1.68. The van der Waals surface area contributed by atoms with Crippen molar-refractivity contribution in [2.45, 2.75) is 6.54 Å². The van der Waals surface area contributed by atoms with Gasteiger partial charge in [0.1, 0.15) is 5.82 Å². The Bertz CT molecular complexity index is 544. The molecule has 1 aromatic carbocycles. The Balaban J connectivity index is 2.04. The molecule has 2 N–H and O–H groups in total. The Morgan fingerprint density at radius 1 is 1.47 bits per heavy atom. The van der Waals surface area contributed by atoms with Gasteiger partial charge in [0.15, 0.2) is 0 Å². The molecule has 6 heteroatoms. The average Bonchev–Trinajstić information content (AvgIpc) is 2.83. The number of nitrogens with one attached hydrogen (secondary N) is 2. The molecule has 0 fully saturated rings. The Kier molecular flexibility index (Phi) is 5.39. The minimum Gasteiger partial charge on any atom is -0.383 e. The second-order valence-electron chi connectivity index (χ2n) is 4.04. The first-order chi connectivity index (χ1) is 9.20. The minimum absolute atomic E-state index is 0.678. The zero-order valence-corrected chi connectivity index (χ0v) is 12.9. The first kappa shape index (κ1) is 14.5. The van der Waals surface area contributed by atoms with Gasteiger partial charge in [-0.3, -0.25) is 0 Å². The zero-order valence-electron chi connectivity index (χ0n) is 10.5. The standard InChI is InChI=1S/C13H15BrClN3O/c1-19-5-4-16-8-13-17-7-12(18-13)10-3-2-9(14)6-11(10)15/h2-3,6-7,16H,4-5,8H2,1H3,(H,17,18). The average molecular weight is 345 g/mol. The van der Waals surface area contributed by atoms with E-state index >= 15 is 0 Å². The third-order valence-corrected chi connectivity index (χ3v) is 3.43. The summed E-state index contributed by atoms with van der Waals surface area (Å²) in [5.41, 5.74) is 1.86. The number of hydrogen-bond donors (Lipinski definition) is 2. The van der Waals surface area contributed by atoms with E-state index < -0.39 is 0 Å². The van der Waals surface area contributed by atoms with Gasteiger partial charge in [0, 0.05) is 23.7 Å². The van der Waals surface area contributed by atoms with Crippen LogP contribution in [0.3, 0.4) is 0 Å². The molecule has 19 heavy (non-hydrogen) atoms. The molecule has 0 spiro atoms. The molecular weight excluding hydrogens is 330 g/mol. The van der Waals surface area contributed by atoms with Crippen molar-refractivity contribution in [2.24, 2.45) is 0 Å². The van der Waals surface area contributed by atoms with Gasteiger partial charge in [-0.1, -0.05) is 33.6 Å². The molecule has 0 saturated heterocycles. The van der Waals surface area contributed by atoms with Crippen molar-refractivity contribution in [1.29, 1.82) is 0 Å². The molecule has 2 rings (SSSR count). The molecule has 0 amide bonds. The molecule has 1 heterocycles. The second kappa shape index (κ2) is 7.05. The van der Waals surface area contributed by atoms with Gasteiger partial charge >= 0.3 is 0 Å². The Hall–Kier alpha value is -0.880. The maximum Gasteiger partial charge on any atom is 0.120 e. The smallest absolute Gasteiger partial charge is 0.120 e. The normalized spacial score (nSPS) is 10.9. The first-order valence-corrected chi connectivity index (χ1v) is 7.07. The summed E-state index contributed by atoms with van der Waals surface area (Å²) in [6.45, 7) is 2.16. The summed E-state index contributed by atoms with van der Waals surface area (Å²) in [5, 5.41) is 3.92. The van der Waals surface area contributed by atoms with Crippen molar-refractivity contribution in [3.05, 3.63) is 39.7 Å². The predicted octanol–water partition coefficient (Wildman–Crippen LogP) is 3.23. The topological polar surface area (TPSA) is 49.9 Å². The van der Waals surface area contributed by atoms with E-state index in [2.05, 4.69) is 31.2 Å². The molecule has 1 aromatic heterocycles. The number of aromatic nitrogens is 2. The monoisotopic (exact) mass is 343 g/mol. The molecule has 0 bridgehead atoms. The van der Waals surface area contributed by atoms with Gasteiger partial charge < -0.3 is 15.0 Å². The second-order valence-corrected chi connectivity index (χ2v) is 5.36. The third-order valence-electron chi connectivity index (χ3n) is 2.63. The van der Waals surface area contributed by atoms with E-state index in [9.17, 15) is 0 Å². The molecule has 0 aliphatic rings. The summed E-state index contributed by atoms with van der Waals surface area (Å²) in [6.07, 6.45) is 1.79. The van der Waals surface area contributed by atoms with E-state index in [4.69, 9.17) is 16.3 Å². The van der Waals surface area contributed by atoms with Crippen LogP contribution in [0.2, 0.25) is 5.02 Å². The summed E-state index contributed by atoms with van der Waals surface area (Å²) in [6, 6.07) is 5.79. The number of nitrogens with zero attached hydrogens (tertiary/aromatic N) is 1. The summed E-state index contributed by atoms with van der Waals surface area (Å²) < 4.78 is 5.93. The van der Waals surface area contributed by atoms with Crippen LogP contribution < -0.4 is 5.32 Å². The molecule has 102 valence electrons. The maximum absolute atomic E-state index is 6.21. The van der Waals surface area contributed by atoms with Crippen LogP contribution in [-0.2, 0) is 11.3 Å². The molecule has 0 aliphatic carbocycles. The number of methoxy groups -OCH3 is 1. The lowest BCUT2D eigenvalue weighted by molar-refractivity contribution is 0.199. The molecule has 4 nitrogen and oxygen atoms in total. The number of rotatable bonds is 6. The van der Waals surface area contributed by atoms with Gasteiger partial charge in [-0.2, -0.15) is 0 Å². The number of ether oxygens (including phenoxy) is 1. The van der Waals surface area contributed by atoms with Gasteiger partial charge in [0.2, 0.25) is 0 Å². The van der Waals surface area contributed by atoms with Gasteiger partial charge in [0.25, 0.3) is 0 Å². The molecular formula is C13H15BrClN3O. The number of hydrogen-bond acceptors (Lipinski definition) is 3. The number of halogens is 2. The highest BCUT2D eigenvalue weighted by atomic mass is 79.9. The molecule has 2 aromatic rings. The van der Waals surface area contributed by atoms with E-state index in [1.54, 1.807) is 13.3 Å². The van der Waals surface area contributed by atoms with Crippen molar-refractivity contribution in [1.82, 2.24) is 15.3 Å². The lowest BCUT2D eigenvalue weighted by atomic mass is 10.2. The highest BCUT2D eigenvalue weighted by molar-refractivity contribution is 9.10. The molecule has 0 atom stereocenters. The van der Waals surface area contributed by atoms with Crippen LogP contribution in [0.1, 0.15) is 5.82 Å². The third kappa shape index (κ3) is 4.04. The lowest BCUT2D eigenvalue weighted by Crippen LogP contribution is -2.19. The van der Waals surface area contributed by atoms with E-state index in [-0.39, 0.29) is 0 Å². The Morgan fingerprint density at radius 2 is 2.32 bits per heavy atom. The number of imidazole rings is 1. The van der Waals surface area contributed by atoms with Crippen molar-refractivity contribution >= 4 is 27.5 Å².